The third-order valence-electron chi connectivity index (χ3n) is 5.17. The van der Waals surface area contributed by atoms with Gasteiger partial charge in [0.2, 0.25) is 5.91 Å². The lowest BCUT2D eigenvalue weighted by atomic mass is 9.96. The molecule has 0 aliphatic carbocycles. The van der Waals surface area contributed by atoms with Gasteiger partial charge in [0.15, 0.2) is 0 Å². The molecule has 4 heterocycles. The maximum absolute atomic E-state index is 12.8. The fourth-order valence-corrected chi connectivity index (χ4v) is 4.49. The summed E-state index contributed by atoms with van der Waals surface area (Å²) >= 11 is 7.67. The summed E-state index contributed by atoms with van der Waals surface area (Å²) in [6.07, 6.45) is -0.969. The Balaban J connectivity index is 1.35. The van der Waals surface area contributed by atoms with Crippen molar-refractivity contribution in [1.29, 1.82) is 0 Å². The van der Waals surface area contributed by atoms with E-state index >= 15 is 0 Å². The quantitative estimate of drug-likeness (QED) is 0.576. The molecule has 4 rings (SSSR count). The number of carbonyl (C=O) groups is 1. The Morgan fingerprint density at radius 2 is 2.06 bits per heavy atom. The first kappa shape index (κ1) is 21.6. The summed E-state index contributed by atoms with van der Waals surface area (Å²) in [5.74, 6) is 0.629. The van der Waals surface area contributed by atoms with Gasteiger partial charge in [-0.2, -0.15) is 18.3 Å². The Morgan fingerprint density at radius 3 is 2.71 bits per heavy atom. The number of thiophene rings is 1. The zero-order valence-electron chi connectivity index (χ0n) is 16.3. The van der Waals surface area contributed by atoms with Crippen molar-refractivity contribution in [3.05, 3.63) is 57.5 Å². The third kappa shape index (κ3) is 5.01. The molecular formula is C20H19ClF3N5OS. The van der Waals surface area contributed by atoms with Gasteiger partial charge in [-0.05, 0) is 30.4 Å². The maximum atomic E-state index is 12.8. The molecule has 0 aromatic carbocycles. The molecule has 1 aliphatic heterocycles. The first-order chi connectivity index (χ1) is 14.8. The van der Waals surface area contributed by atoms with Crippen molar-refractivity contribution in [2.24, 2.45) is 5.92 Å². The normalized spacial score (nSPS) is 15.3. The van der Waals surface area contributed by atoms with E-state index in [0.717, 1.165) is 17.1 Å². The number of anilines is 2. The van der Waals surface area contributed by atoms with E-state index in [1.807, 2.05) is 22.4 Å². The van der Waals surface area contributed by atoms with E-state index in [4.69, 9.17) is 11.6 Å². The Bertz CT molecular complexity index is 1050. The van der Waals surface area contributed by atoms with Crippen molar-refractivity contribution in [2.75, 3.05) is 23.3 Å². The zero-order chi connectivity index (χ0) is 22.0. The molecule has 1 aliphatic rings. The average molecular weight is 470 g/mol. The van der Waals surface area contributed by atoms with Crippen LogP contribution in [0.5, 0.6) is 0 Å². The number of amides is 1. The van der Waals surface area contributed by atoms with Gasteiger partial charge >= 0.3 is 6.18 Å². The molecule has 0 bridgehead atoms. The molecule has 1 fully saturated rings. The fourth-order valence-electron chi connectivity index (χ4n) is 3.52. The van der Waals surface area contributed by atoms with Crippen molar-refractivity contribution >= 4 is 40.5 Å². The molecule has 0 saturated carbocycles. The van der Waals surface area contributed by atoms with Gasteiger partial charge in [-0.15, -0.1) is 11.3 Å². The molecule has 11 heteroatoms. The number of hydrogen-bond donors (Lipinski definition) is 1. The summed E-state index contributed by atoms with van der Waals surface area (Å²) in [7, 11) is 0. The van der Waals surface area contributed by atoms with Gasteiger partial charge in [0.05, 0.1) is 23.3 Å². The molecule has 0 unspecified atom stereocenters. The number of aromatic nitrogens is 3. The van der Waals surface area contributed by atoms with Crippen LogP contribution in [-0.2, 0) is 17.5 Å². The van der Waals surface area contributed by atoms with Gasteiger partial charge in [0.25, 0.3) is 0 Å². The van der Waals surface area contributed by atoms with E-state index in [9.17, 15) is 18.0 Å². The van der Waals surface area contributed by atoms with Gasteiger partial charge in [0.1, 0.15) is 11.6 Å². The predicted octanol–water partition coefficient (Wildman–Crippen LogP) is 4.92. The smallest absolute Gasteiger partial charge is 0.355 e. The highest BCUT2D eigenvalue weighted by molar-refractivity contribution is 7.09. The van der Waals surface area contributed by atoms with Gasteiger partial charge in [-0.1, -0.05) is 17.7 Å². The molecule has 0 atom stereocenters. The first-order valence-corrected chi connectivity index (χ1v) is 10.9. The number of nitrogens with zero attached hydrogens (tertiary/aromatic N) is 4. The van der Waals surface area contributed by atoms with Crippen LogP contribution < -0.4 is 10.2 Å². The number of halogens is 4. The number of piperidine rings is 1. The van der Waals surface area contributed by atoms with Crippen molar-refractivity contribution in [3.8, 4) is 0 Å². The second-order valence-electron chi connectivity index (χ2n) is 7.23. The highest BCUT2D eigenvalue weighted by Gasteiger charge is 2.33. The molecular weight excluding hydrogens is 451 g/mol. The van der Waals surface area contributed by atoms with E-state index in [-0.39, 0.29) is 16.8 Å². The summed E-state index contributed by atoms with van der Waals surface area (Å²) in [6.45, 7) is 1.53. The van der Waals surface area contributed by atoms with Crippen molar-refractivity contribution in [2.45, 2.75) is 25.6 Å². The Labute approximate surface area is 185 Å². The van der Waals surface area contributed by atoms with E-state index in [1.165, 1.54) is 0 Å². The maximum Gasteiger partial charge on any atom is 0.417 e. The van der Waals surface area contributed by atoms with Crippen LogP contribution >= 0.6 is 22.9 Å². The molecule has 164 valence electrons. The number of nitrogens with one attached hydrogen (secondary N) is 1. The lowest BCUT2D eigenvalue weighted by Crippen LogP contribution is -2.39. The van der Waals surface area contributed by atoms with Crippen LogP contribution in [0.4, 0.5) is 24.8 Å². The molecule has 3 aromatic rings. The van der Waals surface area contributed by atoms with Crippen molar-refractivity contribution < 1.29 is 18.0 Å². The molecule has 3 aromatic heterocycles. The van der Waals surface area contributed by atoms with Crippen LogP contribution in [0.15, 0.2) is 42.0 Å². The van der Waals surface area contributed by atoms with E-state index in [0.29, 0.717) is 44.1 Å². The van der Waals surface area contributed by atoms with Crippen LogP contribution in [0.3, 0.4) is 0 Å². The number of alkyl halides is 3. The minimum Gasteiger partial charge on any atom is -0.355 e. The van der Waals surface area contributed by atoms with E-state index in [1.54, 1.807) is 28.3 Å². The Kier molecular flexibility index (Phi) is 6.19. The van der Waals surface area contributed by atoms with Crippen molar-refractivity contribution in [3.63, 3.8) is 0 Å². The highest BCUT2D eigenvalue weighted by Crippen LogP contribution is 2.34. The summed E-state index contributed by atoms with van der Waals surface area (Å²) < 4.78 is 40.2. The lowest BCUT2D eigenvalue weighted by Gasteiger charge is -2.32. The third-order valence-corrected chi connectivity index (χ3v) is 6.31. The standard InChI is InChI=1S/C20H19ClF3N5OS/c21-16-10-14(20(22,23)24)11-25-18(16)28-7-4-13(5-8-28)19(30)27-17-3-6-26-29(17)12-15-2-1-9-31-15/h1-3,6,9-11,13H,4-5,7-8,12H2,(H,27,30). The minimum atomic E-state index is -4.49. The van der Waals surface area contributed by atoms with Crippen LogP contribution in [0.25, 0.3) is 0 Å². The van der Waals surface area contributed by atoms with Crippen LogP contribution in [0.1, 0.15) is 23.3 Å². The predicted molar refractivity (Wildman–Crippen MR) is 113 cm³/mol. The van der Waals surface area contributed by atoms with Gasteiger partial charge in [-0.3, -0.25) is 4.79 Å². The monoisotopic (exact) mass is 469 g/mol. The summed E-state index contributed by atoms with van der Waals surface area (Å²) in [6, 6.07) is 6.62. The molecule has 0 radical (unpaired) electrons. The summed E-state index contributed by atoms with van der Waals surface area (Å²) in [4.78, 5) is 19.6. The second kappa shape index (κ2) is 8.88. The minimum absolute atomic E-state index is 0.0461. The second-order valence-corrected chi connectivity index (χ2v) is 8.67. The summed E-state index contributed by atoms with van der Waals surface area (Å²) in [5, 5.41) is 9.16. The lowest BCUT2D eigenvalue weighted by molar-refractivity contribution is -0.137. The molecule has 1 saturated heterocycles. The highest BCUT2D eigenvalue weighted by atomic mass is 35.5. The SMILES string of the molecule is O=C(Nc1ccnn1Cc1cccs1)C1CCN(c2ncc(C(F)(F)F)cc2Cl)CC1. The number of hydrogen-bond acceptors (Lipinski definition) is 5. The number of pyridine rings is 1. The van der Waals surface area contributed by atoms with Crippen LogP contribution in [-0.4, -0.2) is 33.8 Å². The van der Waals surface area contributed by atoms with Gasteiger partial charge in [-0.25, -0.2) is 9.67 Å². The van der Waals surface area contributed by atoms with Gasteiger partial charge in [0, 0.05) is 36.1 Å². The number of rotatable bonds is 5. The van der Waals surface area contributed by atoms with Crippen molar-refractivity contribution in [1.82, 2.24) is 14.8 Å². The zero-order valence-corrected chi connectivity index (χ0v) is 17.8. The largest absolute Gasteiger partial charge is 0.417 e. The molecule has 31 heavy (non-hydrogen) atoms. The van der Waals surface area contributed by atoms with Crippen LogP contribution in [0, 0.1) is 5.92 Å². The van der Waals surface area contributed by atoms with E-state index < -0.39 is 11.7 Å². The number of carbonyl (C=O) groups excluding carboxylic acids is 1. The van der Waals surface area contributed by atoms with Gasteiger partial charge < -0.3 is 10.2 Å². The fraction of sp³-hybridized carbons (Fsp3) is 0.350. The van der Waals surface area contributed by atoms with Crippen LogP contribution in [0.2, 0.25) is 5.02 Å². The Morgan fingerprint density at radius 1 is 1.29 bits per heavy atom. The molecule has 1 N–H and O–H groups in total. The Hall–Kier alpha value is -2.59. The molecule has 6 nitrogen and oxygen atoms in total. The average Bonchev–Trinajstić information content (AvgIpc) is 3.40. The van der Waals surface area contributed by atoms with E-state index in [2.05, 4.69) is 15.4 Å². The molecule has 1 amide bonds. The molecule has 0 spiro atoms. The topological polar surface area (TPSA) is 63.1 Å². The first-order valence-electron chi connectivity index (χ1n) is 9.64. The summed E-state index contributed by atoms with van der Waals surface area (Å²) in [5.41, 5.74) is -0.880.